The van der Waals surface area contributed by atoms with Crippen molar-refractivity contribution in [1.82, 2.24) is 0 Å². The predicted octanol–water partition coefficient (Wildman–Crippen LogP) is 1.18. The molecule has 5 nitrogen and oxygen atoms in total. The van der Waals surface area contributed by atoms with Crippen molar-refractivity contribution in [3.05, 3.63) is 39.9 Å². The molecule has 0 bridgehead atoms. The topological polar surface area (TPSA) is 86.2 Å². The summed E-state index contributed by atoms with van der Waals surface area (Å²) in [4.78, 5) is 20.6. The van der Waals surface area contributed by atoms with Crippen LogP contribution in [0.5, 0.6) is 0 Å². The Bertz CT molecular complexity index is 359. The highest BCUT2D eigenvalue weighted by Crippen LogP contribution is 2.18. The van der Waals surface area contributed by atoms with Crippen molar-refractivity contribution in [2.75, 3.05) is 0 Å². The van der Waals surface area contributed by atoms with Crippen LogP contribution in [0.2, 0.25) is 0 Å². The molecule has 1 amide bonds. The highest BCUT2D eigenvalue weighted by atomic mass is 16.6. The summed E-state index contributed by atoms with van der Waals surface area (Å²) in [5.41, 5.74) is 5.78. The number of non-ortho nitro benzene ring substituents is 1. The van der Waals surface area contributed by atoms with E-state index in [4.69, 9.17) is 5.73 Å². The molecule has 0 heterocycles. The zero-order chi connectivity index (χ0) is 10.7. The van der Waals surface area contributed by atoms with Crippen molar-refractivity contribution in [2.45, 2.75) is 12.8 Å². The van der Waals surface area contributed by atoms with Gasteiger partial charge in [0.15, 0.2) is 0 Å². The van der Waals surface area contributed by atoms with Crippen LogP contribution in [0.4, 0.5) is 5.69 Å². The van der Waals surface area contributed by atoms with Gasteiger partial charge in [-0.25, -0.2) is 0 Å². The molecule has 14 heavy (non-hydrogen) atoms. The summed E-state index contributed by atoms with van der Waals surface area (Å²) in [7, 11) is 0. The van der Waals surface area contributed by atoms with Gasteiger partial charge in [-0.05, 0) is 12.5 Å². The molecule has 74 valence electrons. The second-order valence-corrected chi connectivity index (χ2v) is 2.97. The van der Waals surface area contributed by atoms with E-state index in [9.17, 15) is 14.9 Å². The van der Waals surface area contributed by atoms with Crippen molar-refractivity contribution in [3.63, 3.8) is 0 Å². The molecule has 0 saturated heterocycles. The molecule has 1 unspecified atom stereocenters. The van der Waals surface area contributed by atoms with Crippen molar-refractivity contribution < 1.29 is 9.72 Å². The van der Waals surface area contributed by atoms with E-state index in [1.165, 1.54) is 24.3 Å². The summed E-state index contributed by atoms with van der Waals surface area (Å²) in [6, 6.07) is 5.78. The number of benzene rings is 1. The van der Waals surface area contributed by atoms with E-state index in [2.05, 4.69) is 0 Å². The molecule has 0 spiro atoms. The number of hydrogen-bond donors (Lipinski definition) is 1. The van der Waals surface area contributed by atoms with E-state index in [0.29, 0.717) is 5.56 Å². The van der Waals surface area contributed by atoms with E-state index < -0.39 is 16.7 Å². The lowest BCUT2D eigenvalue weighted by molar-refractivity contribution is -0.384. The molecule has 1 aromatic carbocycles. The molecule has 0 aromatic heterocycles. The van der Waals surface area contributed by atoms with Crippen LogP contribution in [0.3, 0.4) is 0 Å². The standard InChI is InChI=1S/C9H10N2O3/c1-6(9(10)12)7-2-4-8(5-3-7)11(13)14/h2-6H,1H3,(H2,10,12). The largest absolute Gasteiger partial charge is 0.369 e. The fraction of sp³-hybridized carbons (Fsp3) is 0.222. The maximum Gasteiger partial charge on any atom is 0.269 e. The van der Waals surface area contributed by atoms with Gasteiger partial charge in [0.05, 0.1) is 10.8 Å². The summed E-state index contributed by atoms with van der Waals surface area (Å²) in [5, 5.41) is 10.3. The second-order valence-electron chi connectivity index (χ2n) is 2.97. The Morgan fingerprint density at radius 2 is 1.93 bits per heavy atom. The molecule has 0 saturated carbocycles. The first kappa shape index (κ1) is 10.2. The fourth-order valence-electron chi connectivity index (χ4n) is 1.05. The molecule has 1 rings (SSSR count). The summed E-state index contributed by atoms with van der Waals surface area (Å²) >= 11 is 0. The predicted molar refractivity (Wildman–Crippen MR) is 50.7 cm³/mol. The number of amides is 1. The monoisotopic (exact) mass is 194 g/mol. The van der Waals surface area contributed by atoms with Gasteiger partial charge in [-0.1, -0.05) is 12.1 Å². The van der Waals surface area contributed by atoms with Crippen molar-refractivity contribution in [3.8, 4) is 0 Å². The number of nitrogens with two attached hydrogens (primary N) is 1. The number of primary amides is 1. The highest BCUT2D eigenvalue weighted by molar-refractivity contribution is 5.81. The van der Waals surface area contributed by atoms with E-state index in [1.54, 1.807) is 6.92 Å². The Kier molecular flexibility index (Phi) is 2.81. The summed E-state index contributed by atoms with van der Waals surface area (Å²) in [6.07, 6.45) is 0. The van der Waals surface area contributed by atoms with E-state index >= 15 is 0 Å². The Morgan fingerprint density at radius 1 is 1.43 bits per heavy atom. The van der Waals surface area contributed by atoms with Crippen LogP contribution in [0.15, 0.2) is 24.3 Å². The van der Waals surface area contributed by atoms with Gasteiger partial charge in [0, 0.05) is 12.1 Å². The second kappa shape index (κ2) is 3.87. The van der Waals surface area contributed by atoms with Gasteiger partial charge < -0.3 is 5.73 Å². The van der Waals surface area contributed by atoms with Crippen LogP contribution in [-0.4, -0.2) is 10.8 Å². The molecule has 1 aromatic rings. The highest BCUT2D eigenvalue weighted by Gasteiger charge is 2.12. The van der Waals surface area contributed by atoms with Gasteiger partial charge in [-0.15, -0.1) is 0 Å². The van der Waals surface area contributed by atoms with Crippen LogP contribution in [-0.2, 0) is 4.79 Å². The van der Waals surface area contributed by atoms with Gasteiger partial charge in [0.1, 0.15) is 0 Å². The first-order valence-electron chi connectivity index (χ1n) is 4.06. The maximum atomic E-state index is 10.8. The molecule has 0 fully saturated rings. The van der Waals surface area contributed by atoms with Crippen LogP contribution >= 0.6 is 0 Å². The molecule has 2 N–H and O–H groups in total. The van der Waals surface area contributed by atoms with Gasteiger partial charge in [-0.2, -0.15) is 0 Å². The normalized spacial score (nSPS) is 12.1. The third-order valence-corrected chi connectivity index (χ3v) is 2.03. The molecule has 0 radical (unpaired) electrons. The third kappa shape index (κ3) is 2.07. The fourth-order valence-corrected chi connectivity index (χ4v) is 1.05. The molecule has 5 heteroatoms. The zero-order valence-corrected chi connectivity index (χ0v) is 7.64. The Balaban J connectivity index is 2.94. The molecule has 0 aliphatic rings. The number of carbonyl (C=O) groups is 1. The molecule has 1 atom stereocenters. The molecule has 0 aliphatic carbocycles. The first-order chi connectivity index (χ1) is 6.52. The summed E-state index contributed by atoms with van der Waals surface area (Å²) in [5.74, 6) is -0.866. The third-order valence-electron chi connectivity index (χ3n) is 2.03. The summed E-state index contributed by atoms with van der Waals surface area (Å²) < 4.78 is 0. The van der Waals surface area contributed by atoms with E-state index in [-0.39, 0.29) is 5.69 Å². The minimum absolute atomic E-state index is 0.00502. The average Bonchev–Trinajstić information content (AvgIpc) is 2.16. The van der Waals surface area contributed by atoms with Crippen molar-refractivity contribution >= 4 is 11.6 Å². The Labute approximate surface area is 80.7 Å². The van der Waals surface area contributed by atoms with Gasteiger partial charge in [0.2, 0.25) is 5.91 Å². The minimum Gasteiger partial charge on any atom is -0.369 e. The number of rotatable bonds is 3. The van der Waals surface area contributed by atoms with Gasteiger partial charge in [-0.3, -0.25) is 14.9 Å². The van der Waals surface area contributed by atoms with Crippen LogP contribution in [0.1, 0.15) is 18.4 Å². The summed E-state index contributed by atoms with van der Waals surface area (Å²) in [6.45, 7) is 1.66. The van der Waals surface area contributed by atoms with Gasteiger partial charge in [0.25, 0.3) is 5.69 Å². The van der Waals surface area contributed by atoms with E-state index in [1.807, 2.05) is 0 Å². The number of carbonyl (C=O) groups excluding carboxylic acids is 1. The average molecular weight is 194 g/mol. The number of nitro groups is 1. The molecular weight excluding hydrogens is 184 g/mol. The van der Waals surface area contributed by atoms with Crippen molar-refractivity contribution in [2.24, 2.45) is 5.73 Å². The van der Waals surface area contributed by atoms with Crippen LogP contribution in [0.25, 0.3) is 0 Å². The van der Waals surface area contributed by atoms with Crippen LogP contribution in [0, 0.1) is 10.1 Å². The Hall–Kier alpha value is -1.91. The zero-order valence-electron chi connectivity index (χ0n) is 7.64. The number of hydrogen-bond acceptors (Lipinski definition) is 3. The first-order valence-corrected chi connectivity index (χ1v) is 4.06. The lowest BCUT2D eigenvalue weighted by Crippen LogP contribution is -2.18. The van der Waals surface area contributed by atoms with Crippen molar-refractivity contribution in [1.29, 1.82) is 0 Å². The smallest absolute Gasteiger partial charge is 0.269 e. The van der Waals surface area contributed by atoms with E-state index in [0.717, 1.165) is 0 Å². The van der Waals surface area contributed by atoms with Crippen LogP contribution < -0.4 is 5.73 Å². The maximum absolute atomic E-state index is 10.8. The SMILES string of the molecule is CC(C(N)=O)c1ccc([N+](=O)[O-])cc1. The minimum atomic E-state index is -0.487. The lowest BCUT2D eigenvalue weighted by atomic mass is 10.0. The number of nitrogens with zero attached hydrogens (tertiary/aromatic N) is 1. The quantitative estimate of drug-likeness (QED) is 0.579. The molecular formula is C9H10N2O3. The van der Waals surface area contributed by atoms with Gasteiger partial charge >= 0.3 is 0 Å². The molecule has 0 aliphatic heterocycles. The number of nitro benzene ring substituents is 1. The Morgan fingerprint density at radius 3 is 2.29 bits per heavy atom. The lowest BCUT2D eigenvalue weighted by Gasteiger charge is -2.05.